The van der Waals surface area contributed by atoms with Crippen LogP contribution in [-0.2, 0) is 4.79 Å². The number of rotatable bonds is 3. The van der Waals surface area contributed by atoms with Crippen molar-refractivity contribution >= 4 is 18.3 Å². The van der Waals surface area contributed by atoms with Gasteiger partial charge in [0.2, 0.25) is 5.91 Å². The molecule has 122 valence electrons. The Labute approximate surface area is 135 Å². The molecule has 1 saturated carbocycles. The van der Waals surface area contributed by atoms with Gasteiger partial charge in [-0.2, -0.15) is 0 Å². The largest absolute Gasteiger partial charge is 0.351 e. The molecule has 2 unspecified atom stereocenters. The third-order valence-electron chi connectivity index (χ3n) is 4.66. The van der Waals surface area contributed by atoms with Crippen LogP contribution in [0.3, 0.4) is 0 Å². The van der Waals surface area contributed by atoms with E-state index in [4.69, 9.17) is 0 Å². The minimum atomic E-state index is -0.831. The van der Waals surface area contributed by atoms with Crippen LogP contribution in [0.15, 0.2) is 18.2 Å². The highest BCUT2D eigenvalue weighted by molar-refractivity contribution is 5.85. The van der Waals surface area contributed by atoms with Gasteiger partial charge in [-0.1, -0.05) is 12.5 Å². The van der Waals surface area contributed by atoms with Crippen molar-refractivity contribution in [1.82, 2.24) is 10.6 Å². The Kier molecular flexibility index (Phi) is 5.75. The van der Waals surface area contributed by atoms with E-state index in [9.17, 15) is 13.6 Å². The molecule has 0 spiro atoms. The van der Waals surface area contributed by atoms with Crippen molar-refractivity contribution in [1.29, 1.82) is 0 Å². The second-order valence-electron chi connectivity index (χ2n) is 6.02. The van der Waals surface area contributed by atoms with E-state index in [1.54, 1.807) is 6.07 Å². The van der Waals surface area contributed by atoms with E-state index in [0.29, 0.717) is 6.54 Å². The van der Waals surface area contributed by atoms with Crippen LogP contribution >= 0.6 is 12.4 Å². The Bertz CT molecular complexity index is 537. The average molecular weight is 331 g/mol. The Hall–Kier alpha value is -1.20. The normalized spacial score (nSPS) is 25.0. The molecule has 2 N–H and O–H groups in total. The zero-order valence-electron chi connectivity index (χ0n) is 12.3. The third-order valence-corrected chi connectivity index (χ3v) is 4.66. The summed E-state index contributed by atoms with van der Waals surface area (Å²) >= 11 is 0. The average Bonchev–Trinajstić information content (AvgIpc) is 2.40. The molecule has 1 aliphatic carbocycles. The van der Waals surface area contributed by atoms with Crippen LogP contribution in [-0.4, -0.2) is 25.0 Å². The maximum atomic E-state index is 13.4. The summed E-state index contributed by atoms with van der Waals surface area (Å²) in [4.78, 5) is 12.1. The van der Waals surface area contributed by atoms with Gasteiger partial charge in [-0.3, -0.25) is 4.79 Å². The van der Waals surface area contributed by atoms with Gasteiger partial charge < -0.3 is 10.6 Å². The van der Waals surface area contributed by atoms with Crippen molar-refractivity contribution in [3.8, 4) is 0 Å². The molecule has 2 atom stereocenters. The Morgan fingerprint density at radius 3 is 2.59 bits per heavy atom. The molecule has 0 bridgehead atoms. The molecule has 0 radical (unpaired) electrons. The summed E-state index contributed by atoms with van der Waals surface area (Å²) in [7, 11) is 0. The molecule has 1 aromatic carbocycles. The molecule has 1 aliphatic heterocycles. The summed E-state index contributed by atoms with van der Waals surface area (Å²) in [6, 6.07) is 3.99. The molecule has 2 fully saturated rings. The molecule has 3 rings (SSSR count). The van der Waals surface area contributed by atoms with Gasteiger partial charge in [-0.05, 0) is 43.5 Å². The van der Waals surface area contributed by atoms with E-state index >= 15 is 0 Å². The number of nitrogens with one attached hydrogen (secondary N) is 2. The lowest BCUT2D eigenvalue weighted by atomic mass is 9.82. The van der Waals surface area contributed by atoms with E-state index in [0.717, 1.165) is 43.9 Å². The van der Waals surface area contributed by atoms with Crippen LogP contribution in [0.5, 0.6) is 0 Å². The SMILES string of the molecule is Cl.O=C(NC1CNCCC1c1ccc(F)c(F)c1)C1CCC1. The lowest BCUT2D eigenvalue weighted by Gasteiger charge is -2.35. The molecule has 1 aromatic rings. The quantitative estimate of drug-likeness (QED) is 0.894. The van der Waals surface area contributed by atoms with Gasteiger partial charge in [0.15, 0.2) is 11.6 Å². The summed E-state index contributed by atoms with van der Waals surface area (Å²) in [5, 5.41) is 6.34. The van der Waals surface area contributed by atoms with E-state index in [2.05, 4.69) is 10.6 Å². The summed E-state index contributed by atoms with van der Waals surface area (Å²) in [5.74, 6) is -1.39. The van der Waals surface area contributed by atoms with Gasteiger partial charge in [0, 0.05) is 24.4 Å². The van der Waals surface area contributed by atoms with E-state index in [1.165, 1.54) is 6.07 Å². The number of amides is 1. The minimum absolute atomic E-state index is 0. The van der Waals surface area contributed by atoms with Crippen molar-refractivity contribution in [2.45, 2.75) is 37.6 Å². The van der Waals surface area contributed by atoms with Crippen LogP contribution in [0.2, 0.25) is 0 Å². The molecule has 1 heterocycles. The fourth-order valence-electron chi connectivity index (χ4n) is 3.12. The smallest absolute Gasteiger partial charge is 0.223 e. The van der Waals surface area contributed by atoms with Crippen LogP contribution in [0.25, 0.3) is 0 Å². The maximum absolute atomic E-state index is 13.4. The lowest BCUT2D eigenvalue weighted by Crippen LogP contribution is -2.52. The van der Waals surface area contributed by atoms with Gasteiger partial charge in [0.1, 0.15) is 0 Å². The van der Waals surface area contributed by atoms with Gasteiger partial charge in [-0.15, -0.1) is 12.4 Å². The predicted molar refractivity (Wildman–Crippen MR) is 83.1 cm³/mol. The predicted octanol–water partition coefficient (Wildman–Crippen LogP) is 2.75. The molecule has 0 aromatic heterocycles. The standard InChI is InChI=1S/C16H20F2N2O.ClH/c17-13-5-4-11(8-14(13)18)12-6-7-19-9-15(12)20-16(21)10-2-1-3-10;/h4-5,8,10,12,15,19H,1-3,6-7,9H2,(H,20,21);1H. The molecule has 6 heteroatoms. The Morgan fingerprint density at radius 1 is 1.18 bits per heavy atom. The second-order valence-corrected chi connectivity index (χ2v) is 6.02. The van der Waals surface area contributed by atoms with Gasteiger partial charge in [0.05, 0.1) is 0 Å². The number of carbonyl (C=O) groups excluding carboxylic acids is 1. The first-order chi connectivity index (χ1) is 10.1. The molecular formula is C16H21ClF2N2O. The second kappa shape index (κ2) is 7.38. The fourth-order valence-corrected chi connectivity index (χ4v) is 3.12. The summed E-state index contributed by atoms with van der Waals surface area (Å²) in [6.45, 7) is 1.49. The van der Waals surface area contributed by atoms with Crippen molar-refractivity contribution in [2.75, 3.05) is 13.1 Å². The number of piperidine rings is 1. The van der Waals surface area contributed by atoms with Crippen molar-refractivity contribution in [3.05, 3.63) is 35.4 Å². The monoisotopic (exact) mass is 330 g/mol. The Morgan fingerprint density at radius 2 is 1.95 bits per heavy atom. The molecule has 22 heavy (non-hydrogen) atoms. The number of halogens is 3. The van der Waals surface area contributed by atoms with Crippen LogP contribution in [0.1, 0.15) is 37.2 Å². The van der Waals surface area contributed by atoms with Crippen molar-refractivity contribution in [3.63, 3.8) is 0 Å². The number of hydrogen-bond acceptors (Lipinski definition) is 2. The highest BCUT2D eigenvalue weighted by Gasteiger charge is 2.32. The van der Waals surface area contributed by atoms with Gasteiger partial charge in [-0.25, -0.2) is 8.78 Å². The van der Waals surface area contributed by atoms with Crippen molar-refractivity contribution in [2.24, 2.45) is 5.92 Å². The highest BCUT2D eigenvalue weighted by atomic mass is 35.5. The van der Waals surface area contributed by atoms with E-state index in [-0.39, 0.29) is 36.2 Å². The molecular weight excluding hydrogens is 310 g/mol. The third kappa shape index (κ3) is 3.58. The van der Waals surface area contributed by atoms with Crippen molar-refractivity contribution < 1.29 is 13.6 Å². The first-order valence-electron chi connectivity index (χ1n) is 7.61. The minimum Gasteiger partial charge on any atom is -0.351 e. The molecule has 2 aliphatic rings. The number of carbonyl (C=O) groups is 1. The summed E-state index contributed by atoms with van der Waals surface area (Å²) in [6.07, 6.45) is 3.85. The summed E-state index contributed by atoms with van der Waals surface area (Å²) < 4.78 is 26.5. The topological polar surface area (TPSA) is 41.1 Å². The first kappa shape index (κ1) is 17.2. The lowest BCUT2D eigenvalue weighted by molar-refractivity contribution is -0.128. The highest BCUT2D eigenvalue weighted by Crippen LogP contribution is 2.30. The Balaban J connectivity index is 0.00000176. The molecule has 1 saturated heterocycles. The zero-order valence-corrected chi connectivity index (χ0v) is 13.1. The first-order valence-corrected chi connectivity index (χ1v) is 7.61. The van der Waals surface area contributed by atoms with Gasteiger partial charge >= 0.3 is 0 Å². The number of hydrogen-bond donors (Lipinski definition) is 2. The molecule has 3 nitrogen and oxygen atoms in total. The number of benzene rings is 1. The van der Waals surface area contributed by atoms with Crippen LogP contribution in [0, 0.1) is 17.6 Å². The van der Waals surface area contributed by atoms with Crippen LogP contribution in [0.4, 0.5) is 8.78 Å². The van der Waals surface area contributed by atoms with Gasteiger partial charge in [0.25, 0.3) is 0 Å². The maximum Gasteiger partial charge on any atom is 0.223 e. The zero-order chi connectivity index (χ0) is 14.8. The summed E-state index contributed by atoms with van der Waals surface area (Å²) in [5.41, 5.74) is 0.759. The van der Waals surface area contributed by atoms with E-state index < -0.39 is 11.6 Å². The van der Waals surface area contributed by atoms with E-state index in [1.807, 2.05) is 0 Å². The van der Waals surface area contributed by atoms with Crippen LogP contribution < -0.4 is 10.6 Å². The molecule has 1 amide bonds. The fraction of sp³-hybridized carbons (Fsp3) is 0.562.